The summed E-state index contributed by atoms with van der Waals surface area (Å²) >= 11 is 0. The van der Waals surface area contributed by atoms with Crippen LogP contribution in [0.4, 0.5) is 0 Å². The minimum atomic E-state index is -0.137. The summed E-state index contributed by atoms with van der Waals surface area (Å²) in [5, 5.41) is 0. The maximum Gasteiger partial charge on any atom is 0.306 e. The first-order valence-electron chi connectivity index (χ1n) is 12.0. The van der Waals surface area contributed by atoms with Crippen LogP contribution in [0.1, 0.15) is 130 Å². The van der Waals surface area contributed by atoms with E-state index in [1.165, 1.54) is 44.9 Å². The third-order valence-corrected chi connectivity index (χ3v) is 5.16. The van der Waals surface area contributed by atoms with Gasteiger partial charge in [0.1, 0.15) is 6.10 Å². The number of rotatable bonds is 20. The zero-order chi connectivity index (χ0) is 20.9. The second-order valence-corrected chi connectivity index (χ2v) is 7.92. The highest BCUT2D eigenvalue weighted by atomic mass is 16.5. The lowest BCUT2D eigenvalue weighted by atomic mass is 10.1. The van der Waals surface area contributed by atoms with Crippen LogP contribution in [-0.4, -0.2) is 24.6 Å². The molecule has 4 nitrogen and oxygen atoms in total. The Balaban J connectivity index is 3.46. The van der Waals surface area contributed by atoms with Gasteiger partial charge < -0.3 is 9.47 Å². The Morgan fingerprint density at radius 3 is 1.75 bits per heavy atom. The zero-order valence-corrected chi connectivity index (χ0v) is 18.9. The lowest BCUT2D eigenvalue weighted by molar-refractivity contribution is -0.150. The number of carbonyl (C=O) groups excluding carboxylic acids is 2. The SMILES string of the molecule is CCCCCCCCCCCOC(=O)CCCCC(=O)OC(CC)CCCC. The monoisotopic (exact) mass is 398 g/mol. The molecule has 0 aromatic carbocycles. The van der Waals surface area contributed by atoms with Gasteiger partial charge in [0.05, 0.1) is 6.61 Å². The van der Waals surface area contributed by atoms with E-state index in [1.54, 1.807) is 0 Å². The first-order chi connectivity index (χ1) is 13.6. The molecule has 0 bridgehead atoms. The molecule has 0 aromatic heterocycles. The molecule has 4 heteroatoms. The van der Waals surface area contributed by atoms with Crippen molar-refractivity contribution >= 4 is 11.9 Å². The Morgan fingerprint density at radius 2 is 1.18 bits per heavy atom. The van der Waals surface area contributed by atoms with Gasteiger partial charge in [-0.15, -0.1) is 0 Å². The maximum atomic E-state index is 11.9. The quantitative estimate of drug-likeness (QED) is 0.162. The molecule has 0 saturated heterocycles. The van der Waals surface area contributed by atoms with E-state index >= 15 is 0 Å². The molecule has 0 aromatic rings. The van der Waals surface area contributed by atoms with Gasteiger partial charge in [0.25, 0.3) is 0 Å². The van der Waals surface area contributed by atoms with Crippen LogP contribution in [0.25, 0.3) is 0 Å². The predicted octanol–water partition coefficient (Wildman–Crippen LogP) is 7.13. The Kier molecular flexibility index (Phi) is 19.9. The number of hydrogen-bond donors (Lipinski definition) is 0. The van der Waals surface area contributed by atoms with Crippen molar-refractivity contribution in [2.75, 3.05) is 6.61 Å². The molecule has 1 unspecified atom stereocenters. The van der Waals surface area contributed by atoms with Gasteiger partial charge in [0, 0.05) is 12.8 Å². The van der Waals surface area contributed by atoms with Crippen LogP contribution in [0, 0.1) is 0 Å². The Bertz CT molecular complexity index is 368. The first-order valence-corrected chi connectivity index (χ1v) is 12.0. The summed E-state index contributed by atoms with van der Waals surface area (Å²) in [6, 6.07) is 0. The molecule has 0 heterocycles. The zero-order valence-electron chi connectivity index (χ0n) is 18.9. The summed E-state index contributed by atoms with van der Waals surface area (Å²) in [5.41, 5.74) is 0. The van der Waals surface area contributed by atoms with Crippen molar-refractivity contribution in [3.8, 4) is 0 Å². The molecule has 0 amide bonds. The van der Waals surface area contributed by atoms with Crippen LogP contribution in [0.15, 0.2) is 0 Å². The molecule has 166 valence electrons. The van der Waals surface area contributed by atoms with Crippen LogP contribution >= 0.6 is 0 Å². The second-order valence-electron chi connectivity index (χ2n) is 7.92. The first kappa shape index (κ1) is 26.9. The van der Waals surface area contributed by atoms with Crippen molar-refractivity contribution in [2.24, 2.45) is 0 Å². The average Bonchev–Trinajstić information content (AvgIpc) is 2.69. The van der Waals surface area contributed by atoms with Crippen LogP contribution in [0.3, 0.4) is 0 Å². The molecule has 0 fully saturated rings. The van der Waals surface area contributed by atoms with Gasteiger partial charge in [-0.05, 0) is 32.1 Å². The fourth-order valence-electron chi connectivity index (χ4n) is 3.23. The van der Waals surface area contributed by atoms with Crippen LogP contribution in [-0.2, 0) is 19.1 Å². The average molecular weight is 399 g/mol. The van der Waals surface area contributed by atoms with Crippen LogP contribution in [0.5, 0.6) is 0 Å². The fraction of sp³-hybridized carbons (Fsp3) is 0.917. The fourth-order valence-corrected chi connectivity index (χ4v) is 3.23. The normalized spacial score (nSPS) is 12.0. The number of carbonyl (C=O) groups is 2. The molecule has 0 radical (unpaired) electrons. The topological polar surface area (TPSA) is 52.6 Å². The van der Waals surface area contributed by atoms with E-state index in [1.807, 2.05) is 0 Å². The highest BCUT2D eigenvalue weighted by molar-refractivity contribution is 5.70. The lowest BCUT2D eigenvalue weighted by Gasteiger charge is -2.15. The predicted molar refractivity (Wildman–Crippen MR) is 116 cm³/mol. The smallest absolute Gasteiger partial charge is 0.306 e. The molecular weight excluding hydrogens is 352 g/mol. The van der Waals surface area contributed by atoms with Gasteiger partial charge in [-0.3, -0.25) is 9.59 Å². The van der Waals surface area contributed by atoms with Crippen molar-refractivity contribution in [2.45, 2.75) is 136 Å². The molecule has 0 aliphatic carbocycles. The van der Waals surface area contributed by atoms with Crippen molar-refractivity contribution in [1.29, 1.82) is 0 Å². The van der Waals surface area contributed by atoms with E-state index in [0.717, 1.165) is 38.5 Å². The van der Waals surface area contributed by atoms with E-state index in [4.69, 9.17) is 9.47 Å². The largest absolute Gasteiger partial charge is 0.466 e. The summed E-state index contributed by atoms with van der Waals surface area (Å²) in [6.45, 7) is 6.97. The molecule has 0 saturated carbocycles. The minimum Gasteiger partial charge on any atom is -0.466 e. The molecular formula is C24H46O4. The lowest BCUT2D eigenvalue weighted by Crippen LogP contribution is -2.17. The minimum absolute atomic E-state index is 0.0498. The summed E-state index contributed by atoms with van der Waals surface area (Å²) in [7, 11) is 0. The van der Waals surface area contributed by atoms with Crippen molar-refractivity contribution in [3.05, 3.63) is 0 Å². The van der Waals surface area contributed by atoms with Gasteiger partial charge in [0.15, 0.2) is 0 Å². The van der Waals surface area contributed by atoms with Crippen molar-refractivity contribution in [1.82, 2.24) is 0 Å². The van der Waals surface area contributed by atoms with E-state index in [0.29, 0.717) is 32.3 Å². The van der Waals surface area contributed by atoms with Gasteiger partial charge in [0.2, 0.25) is 0 Å². The number of esters is 2. The highest BCUT2D eigenvalue weighted by Crippen LogP contribution is 2.12. The third kappa shape index (κ3) is 18.3. The van der Waals surface area contributed by atoms with E-state index in [9.17, 15) is 9.59 Å². The molecule has 0 spiro atoms. The Morgan fingerprint density at radius 1 is 0.643 bits per heavy atom. The Labute approximate surface area is 174 Å². The summed E-state index contributed by atoms with van der Waals surface area (Å²) in [4.78, 5) is 23.6. The molecule has 0 N–H and O–H groups in total. The number of unbranched alkanes of at least 4 members (excludes halogenated alkanes) is 10. The van der Waals surface area contributed by atoms with Gasteiger partial charge >= 0.3 is 11.9 Å². The van der Waals surface area contributed by atoms with E-state index in [2.05, 4.69) is 20.8 Å². The van der Waals surface area contributed by atoms with Crippen molar-refractivity contribution < 1.29 is 19.1 Å². The van der Waals surface area contributed by atoms with E-state index in [-0.39, 0.29) is 18.0 Å². The highest BCUT2D eigenvalue weighted by Gasteiger charge is 2.12. The number of ether oxygens (including phenoxy) is 2. The summed E-state index contributed by atoms with van der Waals surface area (Å²) in [6.07, 6.45) is 17.6. The summed E-state index contributed by atoms with van der Waals surface area (Å²) in [5.74, 6) is -0.270. The molecule has 1 atom stereocenters. The second kappa shape index (κ2) is 20.7. The molecule has 28 heavy (non-hydrogen) atoms. The standard InChI is InChI=1S/C24H46O4/c1-4-7-9-10-11-12-13-14-17-21-27-23(25)19-15-16-20-24(26)28-22(6-3)18-8-5-2/h22H,4-21H2,1-3H3. The van der Waals surface area contributed by atoms with Gasteiger partial charge in [-0.25, -0.2) is 0 Å². The third-order valence-electron chi connectivity index (χ3n) is 5.16. The van der Waals surface area contributed by atoms with Crippen LogP contribution in [0.2, 0.25) is 0 Å². The molecule has 0 aliphatic rings. The number of hydrogen-bond acceptors (Lipinski definition) is 4. The van der Waals surface area contributed by atoms with Crippen LogP contribution < -0.4 is 0 Å². The summed E-state index contributed by atoms with van der Waals surface area (Å²) < 4.78 is 10.8. The van der Waals surface area contributed by atoms with Gasteiger partial charge in [-0.1, -0.05) is 85.0 Å². The Hall–Kier alpha value is -1.06. The maximum absolute atomic E-state index is 11.9. The van der Waals surface area contributed by atoms with Crippen molar-refractivity contribution in [3.63, 3.8) is 0 Å². The van der Waals surface area contributed by atoms with E-state index < -0.39 is 0 Å². The molecule has 0 aliphatic heterocycles. The molecule has 0 rings (SSSR count). The van der Waals surface area contributed by atoms with Gasteiger partial charge in [-0.2, -0.15) is 0 Å².